The quantitative estimate of drug-likeness (QED) is 0.741. The summed E-state index contributed by atoms with van der Waals surface area (Å²) < 4.78 is 13.8. The topological polar surface area (TPSA) is 93.7 Å². The molecular formula is C15H24N4O4S. The van der Waals surface area contributed by atoms with Gasteiger partial charge in [0.05, 0.1) is 14.2 Å². The van der Waals surface area contributed by atoms with Crippen molar-refractivity contribution in [2.45, 2.75) is 45.2 Å². The smallest absolute Gasteiger partial charge is 0.329 e. The molecule has 0 aromatic carbocycles. The number of carbonyl (C=O) groups excluding carboxylic acids is 2. The molecule has 0 unspecified atom stereocenters. The van der Waals surface area contributed by atoms with Gasteiger partial charge in [-0.1, -0.05) is 13.8 Å². The summed E-state index contributed by atoms with van der Waals surface area (Å²) in [5.41, 5.74) is 0. The molecule has 0 bridgehead atoms. The number of likely N-dealkylation sites (tertiary alicyclic amines) is 1. The number of hydrogen-bond donors (Lipinski definition) is 1. The lowest BCUT2D eigenvalue weighted by Gasteiger charge is -2.28. The summed E-state index contributed by atoms with van der Waals surface area (Å²) >= 11 is 1.14. The molecule has 1 aromatic rings. The summed E-state index contributed by atoms with van der Waals surface area (Å²) in [6.45, 7) is 4.66. The van der Waals surface area contributed by atoms with Crippen LogP contribution >= 0.6 is 11.5 Å². The van der Waals surface area contributed by atoms with Gasteiger partial charge in [-0.2, -0.15) is 4.98 Å². The van der Waals surface area contributed by atoms with Gasteiger partial charge in [-0.25, -0.2) is 4.79 Å². The highest BCUT2D eigenvalue weighted by Crippen LogP contribution is 2.24. The second-order valence-corrected chi connectivity index (χ2v) is 6.88. The first-order valence-electron chi connectivity index (χ1n) is 7.98. The Hall–Kier alpha value is -1.90. The molecule has 0 aliphatic carbocycles. The molecule has 0 spiro atoms. The highest BCUT2D eigenvalue weighted by molar-refractivity contribution is 7.09. The fraction of sp³-hybridized carbons (Fsp3) is 0.733. The van der Waals surface area contributed by atoms with Crippen molar-refractivity contribution in [3.8, 4) is 6.01 Å². The number of anilines is 1. The van der Waals surface area contributed by atoms with E-state index in [0.717, 1.165) is 18.0 Å². The van der Waals surface area contributed by atoms with Crippen molar-refractivity contribution in [3.05, 3.63) is 0 Å². The van der Waals surface area contributed by atoms with Gasteiger partial charge in [0.2, 0.25) is 11.0 Å². The molecule has 1 amide bonds. The zero-order valence-electron chi connectivity index (χ0n) is 14.4. The number of esters is 1. The van der Waals surface area contributed by atoms with E-state index in [1.54, 1.807) is 4.90 Å². The molecule has 2 heterocycles. The maximum Gasteiger partial charge on any atom is 0.329 e. The van der Waals surface area contributed by atoms with Crippen molar-refractivity contribution in [2.24, 2.45) is 5.92 Å². The summed E-state index contributed by atoms with van der Waals surface area (Å²) in [5, 5.41) is 3.67. The molecule has 1 saturated heterocycles. The Morgan fingerprint density at radius 2 is 2.17 bits per heavy atom. The maximum absolute atomic E-state index is 13.0. The predicted molar refractivity (Wildman–Crippen MR) is 90.1 cm³/mol. The average Bonchev–Trinajstić information content (AvgIpc) is 3.21. The summed E-state index contributed by atoms with van der Waals surface area (Å²) in [4.78, 5) is 30.7. The number of methoxy groups -OCH3 is 2. The number of carbonyl (C=O) groups is 2. The van der Waals surface area contributed by atoms with E-state index < -0.39 is 12.1 Å². The van der Waals surface area contributed by atoms with E-state index in [1.165, 1.54) is 14.2 Å². The van der Waals surface area contributed by atoms with Gasteiger partial charge in [0.1, 0.15) is 12.1 Å². The number of ether oxygens (including phenoxy) is 2. The van der Waals surface area contributed by atoms with Gasteiger partial charge in [0.25, 0.3) is 0 Å². The van der Waals surface area contributed by atoms with Crippen molar-refractivity contribution in [1.29, 1.82) is 0 Å². The maximum atomic E-state index is 13.0. The van der Waals surface area contributed by atoms with Crippen LogP contribution in [0.3, 0.4) is 0 Å². The highest BCUT2D eigenvalue weighted by Gasteiger charge is 2.38. The number of rotatable bonds is 7. The van der Waals surface area contributed by atoms with E-state index in [1.807, 2.05) is 13.8 Å². The molecule has 0 radical (unpaired) electrons. The third-order valence-electron chi connectivity index (χ3n) is 3.90. The Balaban J connectivity index is 2.13. The fourth-order valence-corrected chi connectivity index (χ4v) is 3.40. The first-order valence-corrected chi connectivity index (χ1v) is 8.76. The molecule has 2 rings (SSSR count). The van der Waals surface area contributed by atoms with Crippen molar-refractivity contribution < 1.29 is 19.1 Å². The summed E-state index contributed by atoms with van der Waals surface area (Å²) in [5.74, 6) is -0.159. The largest absolute Gasteiger partial charge is 0.467 e. The Bertz CT molecular complexity index is 578. The minimum atomic E-state index is -0.497. The zero-order valence-corrected chi connectivity index (χ0v) is 15.3. The van der Waals surface area contributed by atoms with E-state index >= 15 is 0 Å². The van der Waals surface area contributed by atoms with Crippen molar-refractivity contribution >= 4 is 28.5 Å². The minimum Gasteiger partial charge on any atom is -0.467 e. The lowest BCUT2D eigenvalue weighted by molar-refractivity contribution is -0.151. The Morgan fingerprint density at radius 3 is 2.75 bits per heavy atom. The third kappa shape index (κ3) is 4.34. The van der Waals surface area contributed by atoms with Crippen LogP contribution in [0.5, 0.6) is 6.01 Å². The van der Waals surface area contributed by atoms with E-state index in [-0.39, 0.29) is 17.9 Å². The normalized spacial score (nSPS) is 18.5. The molecule has 0 saturated carbocycles. The van der Waals surface area contributed by atoms with Crippen LogP contribution < -0.4 is 10.1 Å². The number of nitrogens with zero attached hydrogens (tertiary/aromatic N) is 3. The van der Waals surface area contributed by atoms with Crippen molar-refractivity contribution in [3.63, 3.8) is 0 Å². The van der Waals surface area contributed by atoms with Crippen molar-refractivity contribution in [2.75, 3.05) is 26.1 Å². The van der Waals surface area contributed by atoms with Gasteiger partial charge in [0, 0.05) is 18.1 Å². The lowest BCUT2D eigenvalue weighted by Crippen LogP contribution is -2.48. The van der Waals surface area contributed by atoms with Gasteiger partial charge in [-0.3, -0.25) is 4.79 Å². The summed E-state index contributed by atoms with van der Waals surface area (Å²) in [6.07, 6.45) is 2.07. The van der Waals surface area contributed by atoms with Crippen LogP contribution in [0.4, 0.5) is 5.13 Å². The van der Waals surface area contributed by atoms with Gasteiger partial charge in [-0.15, -0.1) is 4.37 Å². The monoisotopic (exact) mass is 356 g/mol. The van der Waals surface area contributed by atoms with E-state index in [4.69, 9.17) is 9.47 Å². The van der Waals surface area contributed by atoms with Crippen LogP contribution in [0.2, 0.25) is 0 Å². The minimum absolute atomic E-state index is 0.106. The van der Waals surface area contributed by atoms with Crippen LogP contribution in [-0.2, 0) is 14.3 Å². The highest BCUT2D eigenvalue weighted by atomic mass is 32.1. The molecule has 24 heavy (non-hydrogen) atoms. The van der Waals surface area contributed by atoms with Gasteiger partial charge < -0.3 is 19.7 Å². The third-order valence-corrected chi connectivity index (χ3v) is 4.53. The van der Waals surface area contributed by atoms with E-state index in [0.29, 0.717) is 30.4 Å². The molecule has 2 atom stereocenters. The fourth-order valence-electron chi connectivity index (χ4n) is 2.81. The molecule has 1 aromatic heterocycles. The number of amides is 1. The summed E-state index contributed by atoms with van der Waals surface area (Å²) in [7, 11) is 2.84. The molecule has 1 fully saturated rings. The number of nitrogens with one attached hydrogen (secondary N) is 1. The van der Waals surface area contributed by atoms with Crippen LogP contribution in [0.1, 0.15) is 33.1 Å². The summed E-state index contributed by atoms with van der Waals surface area (Å²) in [6, 6.07) is -0.692. The molecule has 1 aliphatic rings. The average molecular weight is 356 g/mol. The molecule has 8 nitrogen and oxygen atoms in total. The molecule has 9 heteroatoms. The SMILES string of the molecule is COC(=O)[C@@H]1CCCN1C(=O)[C@H](CC(C)C)Nc1nc(OC)ns1. The first-order chi connectivity index (χ1) is 11.5. The molecule has 1 aliphatic heterocycles. The lowest BCUT2D eigenvalue weighted by atomic mass is 10.0. The zero-order chi connectivity index (χ0) is 17.7. The number of aromatic nitrogens is 2. The number of hydrogen-bond acceptors (Lipinski definition) is 8. The standard InChI is InChI=1S/C15H24N4O4S/c1-9(2)8-10(16-15-17-14(23-4)18-24-15)12(20)19-7-5-6-11(19)13(21)22-3/h9-11H,5-8H2,1-4H3,(H,16,17,18)/t10-,11-/m0/s1. The van der Waals surface area contributed by atoms with Crippen LogP contribution in [0.15, 0.2) is 0 Å². The first kappa shape index (κ1) is 18.4. The van der Waals surface area contributed by atoms with Crippen LogP contribution in [0.25, 0.3) is 0 Å². The predicted octanol–water partition coefficient (Wildman–Crippen LogP) is 1.54. The van der Waals surface area contributed by atoms with E-state index in [2.05, 4.69) is 14.7 Å². The van der Waals surface area contributed by atoms with Crippen molar-refractivity contribution in [1.82, 2.24) is 14.3 Å². The van der Waals surface area contributed by atoms with Gasteiger partial charge >= 0.3 is 12.0 Å². The van der Waals surface area contributed by atoms with Crippen LogP contribution in [0, 0.1) is 5.92 Å². The second kappa shape index (κ2) is 8.27. The van der Waals surface area contributed by atoms with Gasteiger partial charge in [-0.05, 0) is 25.2 Å². The molecule has 1 N–H and O–H groups in total. The second-order valence-electron chi connectivity index (χ2n) is 6.13. The van der Waals surface area contributed by atoms with E-state index in [9.17, 15) is 9.59 Å². The Morgan fingerprint density at radius 1 is 1.42 bits per heavy atom. The molecular weight excluding hydrogens is 332 g/mol. The Labute approximate surface area is 145 Å². The molecule has 134 valence electrons. The van der Waals surface area contributed by atoms with Crippen LogP contribution in [-0.4, -0.2) is 59.0 Å². The Kier molecular flexibility index (Phi) is 6.36. The van der Waals surface area contributed by atoms with Gasteiger partial charge in [0.15, 0.2) is 0 Å².